The van der Waals surface area contributed by atoms with Crippen molar-refractivity contribution in [1.29, 1.82) is 0 Å². The molecule has 1 amide bonds. The van der Waals surface area contributed by atoms with Gasteiger partial charge in [0.25, 0.3) is 5.91 Å². The average Bonchev–Trinajstić information content (AvgIpc) is 3.40. The minimum Gasteiger partial charge on any atom is -0.317 e. The van der Waals surface area contributed by atoms with Crippen LogP contribution in [0.3, 0.4) is 0 Å². The summed E-state index contributed by atoms with van der Waals surface area (Å²) in [5.74, 6) is 0.499. The number of aromatic nitrogens is 4. The van der Waals surface area contributed by atoms with E-state index in [2.05, 4.69) is 31.0 Å². The average molecular weight is 506 g/mol. The van der Waals surface area contributed by atoms with Gasteiger partial charge in [-0.25, -0.2) is 4.98 Å². The molecule has 9 heteroatoms. The van der Waals surface area contributed by atoms with E-state index in [9.17, 15) is 18.0 Å². The lowest BCUT2D eigenvalue weighted by atomic mass is 9.89. The maximum atomic E-state index is 13.7. The molecule has 0 fully saturated rings. The Bertz CT molecular complexity index is 1500. The van der Waals surface area contributed by atoms with Gasteiger partial charge in [0, 0.05) is 23.9 Å². The number of alkyl halides is 3. The van der Waals surface area contributed by atoms with E-state index in [1.165, 1.54) is 17.0 Å². The van der Waals surface area contributed by atoms with Crippen LogP contribution >= 0.6 is 0 Å². The highest BCUT2D eigenvalue weighted by Crippen LogP contribution is 2.40. The largest absolute Gasteiger partial charge is 0.416 e. The van der Waals surface area contributed by atoms with Gasteiger partial charge in [0.15, 0.2) is 5.82 Å². The van der Waals surface area contributed by atoms with E-state index in [1.54, 1.807) is 12.4 Å². The van der Waals surface area contributed by atoms with Crippen LogP contribution in [-0.2, 0) is 26.2 Å². The van der Waals surface area contributed by atoms with Crippen molar-refractivity contribution in [2.75, 3.05) is 4.90 Å². The number of fused-ring (bicyclic) bond motifs is 1. The monoisotopic (exact) mass is 505 g/mol. The first-order valence-electron chi connectivity index (χ1n) is 11.9. The summed E-state index contributed by atoms with van der Waals surface area (Å²) >= 11 is 0. The fourth-order valence-corrected chi connectivity index (χ4v) is 4.74. The van der Waals surface area contributed by atoms with Gasteiger partial charge in [0.2, 0.25) is 0 Å². The molecule has 5 rings (SSSR count). The molecular weight excluding hydrogens is 479 g/mol. The number of amides is 1. The molecule has 1 aliphatic rings. The Hall–Kier alpha value is -4.01. The molecule has 2 aromatic carbocycles. The van der Waals surface area contributed by atoms with Gasteiger partial charge < -0.3 is 4.57 Å². The summed E-state index contributed by atoms with van der Waals surface area (Å²) < 4.78 is 42.9. The lowest BCUT2D eigenvalue weighted by molar-refractivity contribution is -0.138. The summed E-state index contributed by atoms with van der Waals surface area (Å²) in [6.07, 6.45) is -2.32. The maximum Gasteiger partial charge on any atom is 0.416 e. The molecule has 0 bridgehead atoms. The van der Waals surface area contributed by atoms with E-state index >= 15 is 0 Å². The second kappa shape index (κ2) is 8.83. The van der Waals surface area contributed by atoms with Crippen LogP contribution in [0.25, 0.3) is 22.5 Å². The second-order valence-corrected chi connectivity index (χ2v) is 10.5. The molecule has 0 saturated carbocycles. The molecule has 190 valence electrons. The van der Waals surface area contributed by atoms with Crippen LogP contribution in [0.4, 0.5) is 19.0 Å². The molecule has 0 saturated heterocycles. The third-order valence-corrected chi connectivity index (χ3v) is 6.32. The minimum atomic E-state index is -4.55. The second-order valence-electron chi connectivity index (χ2n) is 10.5. The van der Waals surface area contributed by atoms with Crippen LogP contribution in [-0.4, -0.2) is 25.7 Å². The van der Waals surface area contributed by atoms with E-state index in [-0.39, 0.29) is 23.1 Å². The highest BCUT2D eigenvalue weighted by molar-refractivity contribution is 6.10. The summed E-state index contributed by atoms with van der Waals surface area (Å²) in [5.41, 5.74) is 2.37. The van der Waals surface area contributed by atoms with Gasteiger partial charge in [-0.15, -0.1) is 10.2 Å². The topological polar surface area (TPSA) is 63.9 Å². The predicted molar refractivity (Wildman–Crippen MR) is 135 cm³/mol. The summed E-state index contributed by atoms with van der Waals surface area (Å²) in [6, 6.07) is 15.2. The Morgan fingerprint density at radius 2 is 1.65 bits per heavy atom. The third kappa shape index (κ3) is 4.73. The molecular formula is C28H26F3N5O. The van der Waals surface area contributed by atoms with Crippen LogP contribution in [0.1, 0.15) is 48.0 Å². The van der Waals surface area contributed by atoms with Crippen LogP contribution in [0, 0.1) is 5.41 Å². The number of pyridine rings is 1. The zero-order valence-electron chi connectivity index (χ0n) is 21.0. The van der Waals surface area contributed by atoms with Crippen molar-refractivity contribution in [3.05, 3.63) is 83.3 Å². The zero-order chi connectivity index (χ0) is 26.5. The summed E-state index contributed by atoms with van der Waals surface area (Å²) in [7, 11) is 1.85. The van der Waals surface area contributed by atoms with Crippen molar-refractivity contribution in [1.82, 2.24) is 19.7 Å². The molecule has 0 atom stereocenters. The lowest BCUT2D eigenvalue weighted by Gasteiger charge is -2.22. The first kappa shape index (κ1) is 24.7. The number of rotatable bonds is 4. The molecule has 0 N–H and O–H groups in total. The number of halogens is 3. The predicted octanol–water partition coefficient (Wildman–Crippen LogP) is 6.31. The fraction of sp³-hybridized carbons (Fsp3) is 0.286. The minimum absolute atomic E-state index is 0.0240. The Balaban J connectivity index is 1.65. The molecule has 3 heterocycles. The molecule has 0 radical (unpaired) electrons. The molecule has 1 aliphatic heterocycles. The summed E-state index contributed by atoms with van der Waals surface area (Å²) in [5, 5.41) is 8.25. The van der Waals surface area contributed by atoms with Crippen molar-refractivity contribution >= 4 is 11.7 Å². The van der Waals surface area contributed by atoms with Crippen molar-refractivity contribution in [3.63, 3.8) is 0 Å². The third-order valence-electron chi connectivity index (χ3n) is 6.32. The molecule has 37 heavy (non-hydrogen) atoms. The highest BCUT2D eigenvalue weighted by Gasteiger charge is 2.40. The Kier molecular flexibility index (Phi) is 5.89. The number of hydrogen-bond donors (Lipinski definition) is 0. The highest BCUT2D eigenvalue weighted by atomic mass is 19.4. The number of anilines is 1. The van der Waals surface area contributed by atoms with Gasteiger partial charge in [-0.2, -0.15) is 13.2 Å². The maximum absolute atomic E-state index is 13.7. The summed E-state index contributed by atoms with van der Waals surface area (Å²) in [6.45, 7) is 6.06. The molecule has 4 aromatic rings. The number of carbonyl (C=O) groups excluding carboxylic acids is 1. The van der Waals surface area contributed by atoms with E-state index in [1.807, 2.05) is 41.9 Å². The van der Waals surface area contributed by atoms with Crippen molar-refractivity contribution in [2.45, 2.75) is 39.9 Å². The lowest BCUT2D eigenvalue weighted by Crippen LogP contribution is -2.25. The summed E-state index contributed by atoms with van der Waals surface area (Å²) in [4.78, 5) is 19.4. The molecule has 0 spiro atoms. The van der Waals surface area contributed by atoms with Crippen molar-refractivity contribution in [2.24, 2.45) is 12.5 Å². The molecule has 0 aliphatic carbocycles. The van der Waals surface area contributed by atoms with Crippen LogP contribution in [0.2, 0.25) is 0 Å². The van der Waals surface area contributed by atoms with E-state index in [0.29, 0.717) is 18.1 Å². The number of hydrogen-bond acceptors (Lipinski definition) is 4. The number of aryl methyl sites for hydroxylation is 1. The van der Waals surface area contributed by atoms with Gasteiger partial charge >= 0.3 is 6.18 Å². The Morgan fingerprint density at radius 1 is 0.946 bits per heavy atom. The van der Waals surface area contributed by atoms with Gasteiger partial charge in [-0.1, -0.05) is 51.1 Å². The SMILES string of the molecule is Cn1cnnc1-c1ccccc1-c1cc(CC(C)(C)C)nc(N2Cc3c(cccc3C(F)(F)F)C2=O)c1. The Morgan fingerprint density at radius 3 is 2.30 bits per heavy atom. The molecule has 0 unspecified atom stereocenters. The van der Waals surface area contributed by atoms with Crippen LogP contribution < -0.4 is 4.90 Å². The number of carbonyl (C=O) groups is 1. The first-order chi connectivity index (χ1) is 17.4. The van der Waals surface area contributed by atoms with E-state index in [0.717, 1.165) is 28.5 Å². The van der Waals surface area contributed by atoms with Gasteiger partial charge in [0.1, 0.15) is 12.1 Å². The van der Waals surface area contributed by atoms with Gasteiger partial charge in [-0.3, -0.25) is 9.69 Å². The quantitative estimate of drug-likeness (QED) is 0.326. The van der Waals surface area contributed by atoms with Crippen molar-refractivity contribution in [3.8, 4) is 22.5 Å². The molecule has 2 aromatic heterocycles. The fourth-order valence-electron chi connectivity index (χ4n) is 4.74. The Labute approximate surface area is 212 Å². The van der Waals surface area contributed by atoms with Crippen LogP contribution in [0.5, 0.6) is 0 Å². The number of benzene rings is 2. The molecule has 6 nitrogen and oxygen atoms in total. The van der Waals surface area contributed by atoms with Gasteiger partial charge in [-0.05, 0) is 52.8 Å². The smallest absolute Gasteiger partial charge is 0.317 e. The number of nitrogens with zero attached hydrogens (tertiary/aromatic N) is 5. The normalized spacial score (nSPS) is 13.8. The standard InChI is InChI=1S/C28H26F3N5O/c1-27(2,3)14-18-12-17(19-8-5-6-9-20(19)25-34-32-16-35(25)4)13-24(33-18)36-15-22-21(26(36)37)10-7-11-23(22)28(29,30)31/h5-13,16H,14-15H2,1-4H3. The van der Waals surface area contributed by atoms with Gasteiger partial charge in [0.05, 0.1) is 12.1 Å². The van der Waals surface area contributed by atoms with E-state index in [4.69, 9.17) is 4.98 Å². The first-order valence-corrected chi connectivity index (χ1v) is 11.9. The van der Waals surface area contributed by atoms with E-state index < -0.39 is 17.6 Å². The van der Waals surface area contributed by atoms with Crippen molar-refractivity contribution < 1.29 is 18.0 Å². The van der Waals surface area contributed by atoms with Crippen LogP contribution in [0.15, 0.2) is 60.9 Å². The zero-order valence-corrected chi connectivity index (χ0v) is 21.0.